The largest absolute Gasteiger partial charge is 0.496 e. The quantitative estimate of drug-likeness (QED) is 0.747. The molecule has 0 bridgehead atoms. The normalized spacial score (nSPS) is 10.7. The van der Waals surface area contributed by atoms with Gasteiger partial charge in [-0.1, -0.05) is 0 Å². The molecule has 0 radical (unpaired) electrons. The molecule has 0 saturated heterocycles. The molecular formula is C11H12N2O3. The highest BCUT2D eigenvalue weighted by atomic mass is 16.5. The minimum atomic E-state index is -0.495. The summed E-state index contributed by atoms with van der Waals surface area (Å²) in [6, 6.07) is 1.80. The molecule has 0 aliphatic heterocycles. The Bertz CT molecular complexity index is 667. The predicted molar refractivity (Wildman–Crippen MR) is 61.2 cm³/mol. The molecule has 1 heterocycles. The van der Waals surface area contributed by atoms with Gasteiger partial charge in [-0.25, -0.2) is 4.79 Å². The Hall–Kier alpha value is -2.04. The molecule has 2 rings (SSSR count). The van der Waals surface area contributed by atoms with Gasteiger partial charge in [0.1, 0.15) is 5.75 Å². The summed E-state index contributed by atoms with van der Waals surface area (Å²) in [6.45, 7) is 3.60. The second kappa shape index (κ2) is 3.52. The number of aromatic nitrogens is 2. The Morgan fingerprint density at radius 3 is 2.50 bits per heavy atom. The van der Waals surface area contributed by atoms with Crippen LogP contribution in [0.15, 0.2) is 15.7 Å². The van der Waals surface area contributed by atoms with E-state index in [4.69, 9.17) is 4.74 Å². The van der Waals surface area contributed by atoms with E-state index in [9.17, 15) is 9.59 Å². The van der Waals surface area contributed by atoms with Crippen LogP contribution in [0.25, 0.3) is 10.9 Å². The zero-order chi connectivity index (χ0) is 11.9. The molecule has 1 aromatic carbocycles. The van der Waals surface area contributed by atoms with Gasteiger partial charge in [0.25, 0.3) is 5.56 Å². The van der Waals surface area contributed by atoms with Crippen LogP contribution in [0.5, 0.6) is 5.75 Å². The van der Waals surface area contributed by atoms with Crippen LogP contribution in [-0.2, 0) is 0 Å². The lowest BCUT2D eigenvalue weighted by Gasteiger charge is -2.09. The SMILES string of the molecule is COc1cc(C)c2[nH]c(=O)[nH]c(=O)c2c1C. The van der Waals surface area contributed by atoms with E-state index in [1.807, 2.05) is 6.92 Å². The van der Waals surface area contributed by atoms with Gasteiger partial charge in [0.15, 0.2) is 0 Å². The molecule has 2 N–H and O–H groups in total. The number of hydrogen-bond donors (Lipinski definition) is 2. The van der Waals surface area contributed by atoms with Crippen molar-refractivity contribution < 1.29 is 4.74 Å². The highest BCUT2D eigenvalue weighted by Crippen LogP contribution is 2.25. The smallest absolute Gasteiger partial charge is 0.326 e. The molecule has 0 spiro atoms. The van der Waals surface area contributed by atoms with Crippen molar-refractivity contribution in [3.05, 3.63) is 38.0 Å². The lowest BCUT2D eigenvalue weighted by atomic mass is 10.1. The molecule has 0 aliphatic rings. The van der Waals surface area contributed by atoms with Crippen LogP contribution >= 0.6 is 0 Å². The van der Waals surface area contributed by atoms with Crippen LogP contribution in [0.2, 0.25) is 0 Å². The molecule has 1 aromatic heterocycles. The Labute approximate surface area is 91.1 Å². The summed E-state index contributed by atoms with van der Waals surface area (Å²) in [5.41, 5.74) is 1.21. The summed E-state index contributed by atoms with van der Waals surface area (Å²) >= 11 is 0. The molecule has 0 fully saturated rings. The first-order valence-electron chi connectivity index (χ1n) is 4.85. The van der Waals surface area contributed by atoms with Crippen molar-refractivity contribution in [1.29, 1.82) is 0 Å². The number of fused-ring (bicyclic) bond motifs is 1. The monoisotopic (exact) mass is 220 g/mol. The van der Waals surface area contributed by atoms with E-state index in [2.05, 4.69) is 9.97 Å². The van der Waals surface area contributed by atoms with E-state index in [0.717, 1.165) is 11.1 Å². The lowest BCUT2D eigenvalue weighted by molar-refractivity contribution is 0.412. The maximum atomic E-state index is 11.7. The topological polar surface area (TPSA) is 75.0 Å². The predicted octanol–water partition coefficient (Wildman–Crippen LogP) is 0.842. The van der Waals surface area contributed by atoms with Crippen LogP contribution in [0, 0.1) is 13.8 Å². The number of aryl methyl sites for hydroxylation is 2. The summed E-state index contributed by atoms with van der Waals surface area (Å²) in [7, 11) is 1.55. The molecule has 0 saturated carbocycles. The van der Waals surface area contributed by atoms with Gasteiger partial charge < -0.3 is 9.72 Å². The molecule has 0 atom stereocenters. The summed E-state index contributed by atoms with van der Waals surface area (Å²) < 4.78 is 5.17. The van der Waals surface area contributed by atoms with Crippen molar-refractivity contribution in [2.75, 3.05) is 7.11 Å². The molecular weight excluding hydrogens is 208 g/mol. The average Bonchev–Trinajstić information content (AvgIpc) is 2.22. The van der Waals surface area contributed by atoms with E-state index in [0.29, 0.717) is 16.7 Å². The first-order valence-corrected chi connectivity index (χ1v) is 4.85. The summed E-state index contributed by atoms with van der Waals surface area (Å²) in [5, 5.41) is 0.469. The van der Waals surface area contributed by atoms with Crippen molar-refractivity contribution in [2.24, 2.45) is 0 Å². The molecule has 16 heavy (non-hydrogen) atoms. The molecule has 84 valence electrons. The van der Waals surface area contributed by atoms with Crippen LogP contribution < -0.4 is 16.0 Å². The average molecular weight is 220 g/mol. The number of H-pyrrole nitrogens is 2. The van der Waals surface area contributed by atoms with E-state index < -0.39 is 11.2 Å². The van der Waals surface area contributed by atoms with Crippen molar-refractivity contribution >= 4 is 10.9 Å². The number of benzene rings is 1. The molecule has 5 heteroatoms. The second-order valence-corrected chi connectivity index (χ2v) is 3.68. The number of hydrogen-bond acceptors (Lipinski definition) is 3. The fourth-order valence-corrected chi connectivity index (χ4v) is 1.85. The fraction of sp³-hybridized carbons (Fsp3) is 0.273. The Kier molecular flexibility index (Phi) is 2.30. The molecule has 0 amide bonds. The third-order valence-electron chi connectivity index (χ3n) is 2.65. The Morgan fingerprint density at radius 2 is 1.88 bits per heavy atom. The summed E-state index contributed by atoms with van der Waals surface area (Å²) in [6.07, 6.45) is 0. The van der Waals surface area contributed by atoms with Gasteiger partial charge in [-0.05, 0) is 25.5 Å². The van der Waals surface area contributed by atoms with Gasteiger partial charge >= 0.3 is 5.69 Å². The first-order chi connectivity index (χ1) is 7.54. The van der Waals surface area contributed by atoms with Gasteiger partial charge in [0, 0.05) is 5.56 Å². The third kappa shape index (κ3) is 1.41. The second-order valence-electron chi connectivity index (χ2n) is 3.68. The van der Waals surface area contributed by atoms with Crippen molar-refractivity contribution in [1.82, 2.24) is 9.97 Å². The van der Waals surface area contributed by atoms with Crippen LogP contribution in [0.4, 0.5) is 0 Å². The minimum Gasteiger partial charge on any atom is -0.496 e. The number of ether oxygens (including phenoxy) is 1. The highest BCUT2D eigenvalue weighted by Gasteiger charge is 2.11. The van der Waals surface area contributed by atoms with E-state index >= 15 is 0 Å². The molecule has 0 aliphatic carbocycles. The molecule has 2 aromatic rings. The number of aromatic amines is 2. The van der Waals surface area contributed by atoms with E-state index in [-0.39, 0.29) is 0 Å². The number of nitrogens with one attached hydrogen (secondary N) is 2. The zero-order valence-corrected chi connectivity index (χ0v) is 9.30. The summed E-state index contributed by atoms with van der Waals surface area (Å²) in [4.78, 5) is 27.7. The van der Waals surface area contributed by atoms with E-state index in [1.54, 1.807) is 20.1 Å². The van der Waals surface area contributed by atoms with Gasteiger partial charge in [0.2, 0.25) is 0 Å². The van der Waals surface area contributed by atoms with Gasteiger partial charge in [-0.3, -0.25) is 9.78 Å². The first kappa shape index (κ1) is 10.5. The van der Waals surface area contributed by atoms with Gasteiger partial charge in [-0.2, -0.15) is 0 Å². The van der Waals surface area contributed by atoms with Crippen molar-refractivity contribution in [2.45, 2.75) is 13.8 Å². The summed E-state index contributed by atoms with van der Waals surface area (Å²) in [5.74, 6) is 0.641. The maximum absolute atomic E-state index is 11.7. The fourth-order valence-electron chi connectivity index (χ4n) is 1.85. The standard InChI is InChI=1S/C11H12N2O3/c1-5-4-7(16-3)6(2)8-9(5)12-11(15)13-10(8)14/h4H,1-3H3,(H2,12,13,14,15). The highest BCUT2D eigenvalue weighted by molar-refractivity contribution is 5.86. The number of rotatable bonds is 1. The van der Waals surface area contributed by atoms with Crippen molar-refractivity contribution in [3.63, 3.8) is 0 Å². The Morgan fingerprint density at radius 1 is 1.19 bits per heavy atom. The van der Waals surface area contributed by atoms with Gasteiger partial charge in [-0.15, -0.1) is 0 Å². The molecule has 0 unspecified atom stereocenters. The van der Waals surface area contributed by atoms with Crippen LogP contribution in [0.1, 0.15) is 11.1 Å². The van der Waals surface area contributed by atoms with E-state index in [1.165, 1.54) is 0 Å². The van der Waals surface area contributed by atoms with Crippen molar-refractivity contribution in [3.8, 4) is 5.75 Å². The Balaban J connectivity index is 3.08. The lowest BCUT2D eigenvalue weighted by Crippen LogP contribution is -2.23. The van der Waals surface area contributed by atoms with Gasteiger partial charge in [0.05, 0.1) is 18.0 Å². The van der Waals surface area contributed by atoms with Crippen LogP contribution in [0.3, 0.4) is 0 Å². The minimum absolute atomic E-state index is 0.391. The molecule has 5 nitrogen and oxygen atoms in total. The zero-order valence-electron chi connectivity index (χ0n) is 9.30. The maximum Gasteiger partial charge on any atom is 0.326 e. The van der Waals surface area contributed by atoms with Crippen LogP contribution in [-0.4, -0.2) is 17.1 Å². The number of methoxy groups -OCH3 is 1. The third-order valence-corrected chi connectivity index (χ3v) is 2.65.